The van der Waals surface area contributed by atoms with Gasteiger partial charge in [0, 0.05) is 0 Å². The summed E-state index contributed by atoms with van der Waals surface area (Å²) in [5.41, 5.74) is -0.378. The van der Waals surface area contributed by atoms with Gasteiger partial charge in [-0.2, -0.15) is 0 Å². The van der Waals surface area contributed by atoms with Gasteiger partial charge in [-0.05, 0) is 18.2 Å². The van der Waals surface area contributed by atoms with Crippen molar-refractivity contribution in [1.29, 1.82) is 0 Å². The molecule has 1 heterocycles. The maximum Gasteiger partial charge on any atom is 0.339 e. The quantitative estimate of drug-likeness (QED) is 0.380. The Labute approximate surface area is 124 Å². The van der Waals surface area contributed by atoms with Crippen LogP contribution in [0.15, 0.2) is 18.2 Å². The summed E-state index contributed by atoms with van der Waals surface area (Å²) in [4.78, 5) is 11.1. The molecule has 9 nitrogen and oxygen atoms in total. The van der Waals surface area contributed by atoms with Crippen molar-refractivity contribution in [2.24, 2.45) is 0 Å². The minimum atomic E-state index is -1.66. The van der Waals surface area contributed by atoms with Crippen LogP contribution in [0.1, 0.15) is 10.4 Å². The Morgan fingerprint density at radius 1 is 1.18 bits per heavy atom. The molecular weight excluding hydrogens is 300 g/mol. The largest absolute Gasteiger partial charge is 0.508 e. The molecule has 1 fully saturated rings. The number of phenolic OH excluding ortho intramolecular Hbond substituents is 1. The molecule has 5 atom stereocenters. The van der Waals surface area contributed by atoms with E-state index in [0.717, 1.165) is 12.1 Å². The molecule has 0 spiro atoms. The molecule has 0 amide bonds. The number of phenols is 1. The lowest BCUT2D eigenvalue weighted by Crippen LogP contribution is -2.60. The fraction of sp³-hybridized carbons (Fsp3) is 0.462. The molecule has 22 heavy (non-hydrogen) atoms. The van der Waals surface area contributed by atoms with Crippen LogP contribution in [0.3, 0.4) is 0 Å². The van der Waals surface area contributed by atoms with Crippen LogP contribution in [-0.4, -0.2) is 73.9 Å². The molecule has 9 heteroatoms. The number of carboxylic acids is 1. The van der Waals surface area contributed by atoms with Gasteiger partial charge in [0.05, 0.1) is 6.61 Å². The molecule has 5 unspecified atom stereocenters. The van der Waals surface area contributed by atoms with Gasteiger partial charge in [-0.3, -0.25) is 0 Å². The first-order chi connectivity index (χ1) is 10.3. The number of ether oxygens (including phenoxy) is 2. The zero-order valence-electron chi connectivity index (χ0n) is 11.2. The lowest BCUT2D eigenvalue weighted by molar-refractivity contribution is -0.277. The van der Waals surface area contributed by atoms with Gasteiger partial charge in [0.1, 0.15) is 41.5 Å². The van der Waals surface area contributed by atoms with Crippen molar-refractivity contribution in [3.8, 4) is 11.5 Å². The Kier molecular flexibility index (Phi) is 4.84. The van der Waals surface area contributed by atoms with Gasteiger partial charge in [0.15, 0.2) is 0 Å². The van der Waals surface area contributed by atoms with E-state index in [4.69, 9.17) is 19.7 Å². The predicted octanol–water partition coefficient (Wildman–Crippen LogP) is -1.73. The number of benzene rings is 1. The van der Waals surface area contributed by atoms with Gasteiger partial charge >= 0.3 is 5.97 Å². The summed E-state index contributed by atoms with van der Waals surface area (Å²) >= 11 is 0. The van der Waals surface area contributed by atoms with Crippen LogP contribution in [0.2, 0.25) is 0 Å². The number of aromatic carboxylic acids is 1. The number of hydrogen-bond acceptors (Lipinski definition) is 8. The second-order valence-electron chi connectivity index (χ2n) is 4.80. The van der Waals surface area contributed by atoms with E-state index >= 15 is 0 Å². The van der Waals surface area contributed by atoms with Crippen molar-refractivity contribution in [2.45, 2.75) is 30.7 Å². The van der Waals surface area contributed by atoms with E-state index in [0.29, 0.717) is 0 Å². The molecular formula is C13H16O9. The molecule has 1 aromatic carbocycles. The number of aliphatic hydroxyl groups excluding tert-OH is 4. The van der Waals surface area contributed by atoms with E-state index < -0.39 is 43.3 Å². The van der Waals surface area contributed by atoms with Gasteiger partial charge in [0.25, 0.3) is 0 Å². The maximum atomic E-state index is 11.1. The summed E-state index contributed by atoms with van der Waals surface area (Å²) in [5, 5.41) is 56.5. The Balaban J connectivity index is 2.24. The molecule has 2 rings (SSSR count). The summed E-state index contributed by atoms with van der Waals surface area (Å²) < 4.78 is 10.3. The lowest BCUT2D eigenvalue weighted by atomic mass is 9.99. The molecule has 0 aromatic heterocycles. The number of aliphatic hydroxyl groups is 4. The Morgan fingerprint density at radius 3 is 2.45 bits per heavy atom. The van der Waals surface area contributed by atoms with Crippen LogP contribution < -0.4 is 4.74 Å². The van der Waals surface area contributed by atoms with E-state index in [2.05, 4.69) is 0 Å². The Morgan fingerprint density at radius 2 is 1.86 bits per heavy atom. The predicted molar refractivity (Wildman–Crippen MR) is 69.5 cm³/mol. The van der Waals surface area contributed by atoms with E-state index in [1.807, 2.05) is 0 Å². The first-order valence-corrected chi connectivity index (χ1v) is 6.38. The van der Waals surface area contributed by atoms with Gasteiger partial charge in [0.2, 0.25) is 6.29 Å². The summed E-state index contributed by atoms with van der Waals surface area (Å²) in [6.07, 6.45) is -7.51. The van der Waals surface area contributed by atoms with Crippen LogP contribution in [-0.2, 0) is 4.74 Å². The third-order valence-corrected chi connectivity index (χ3v) is 3.29. The van der Waals surface area contributed by atoms with Crippen LogP contribution in [0.25, 0.3) is 0 Å². The molecule has 0 aliphatic carbocycles. The van der Waals surface area contributed by atoms with Crippen molar-refractivity contribution in [3.05, 3.63) is 23.8 Å². The number of aromatic hydroxyl groups is 1. The molecule has 0 saturated carbocycles. The highest BCUT2D eigenvalue weighted by molar-refractivity contribution is 5.91. The second-order valence-corrected chi connectivity index (χ2v) is 4.80. The number of carbonyl (C=O) groups is 1. The first kappa shape index (κ1) is 16.5. The van der Waals surface area contributed by atoms with Gasteiger partial charge < -0.3 is 40.1 Å². The average molecular weight is 316 g/mol. The normalized spacial score (nSPS) is 31.7. The third kappa shape index (κ3) is 3.13. The van der Waals surface area contributed by atoms with E-state index in [-0.39, 0.29) is 17.1 Å². The van der Waals surface area contributed by atoms with Crippen molar-refractivity contribution < 1.29 is 44.9 Å². The molecule has 6 N–H and O–H groups in total. The van der Waals surface area contributed by atoms with Crippen LogP contribution in [0.4, 0.5) is 0 Å². The molecule has 0 radical (unpaired) electrons. The van der Waals surface area contributed by atoms with Crippen molar-refractivity contribution >= 4 is 5.97 Å². The highest BCUT2D eigenvalue weighted by atomic mass is 16.7. The van der Waals surface area contributed by atoms with Gasteiger partial charge in [-0.25, -0.2) is 4.79 Å². The molecule has 1 aliphatic rings. The number of carboxylic acid groups (broad SMARTS) is 1. The van der Waals surface area contributed by atoms with E-state index in [9.17, 15) is 25.2 Å². The molecule has 122 valence electrons. The fourth-order valence-electron chi connectivity index (χ4n) is 2.08. The number of hydrogen-bond donors (Lipinski definition) is 6. The second kappa shape index (κ2) is 6.46. The third-order valence-electron chi connectivity index (χ3n) is 3.29. The van der Waals surface area contributed by atoms with Gasteiger partial charge in [-0.1, -0.05) is 0 Å². The lowest BCUT2D eigenvalue weighted by Gasteiger charge is -2.39. The zero-order valence-corrected chi connectivity index (χ0v) is 11.2. The molecule has 0 bridgehead atoms. The van der Waals surface area contributed by atoms with Gasteiger partial charge in [-0.15, -0.1) is 0 Å². The first-order valence-electron chi connectivity index (χ1n) is 6.38. The van der Waals surface area contributed by atoms with Crippen molar-refractivity contribution in [2.75, 3.05) is 6.61 Å². The molecule has 1 saturated heterocycles. The highest BCUT2D eigenvalue weighted by Crippen LogP contribution is 2.28. The Bertz CT molecular complexity index is 544. The summed E-state index contributed by atoms with van der Waals surface area (Å²) in [6, 6.07) is 3.27. The minimum absolute atomic E-state index is 0.213. The molecule has 1 aromatic rings. The summed E-state index contributed by atoms with van der Waals surface area (Å²) in [6.45, 7) is -0.633. The van der Waals surface area contributed by atoms with Crippen molar-refractivity contribution in [3.63, 3.8) is 0 Å². The smallest absolute Gasteiger partial charge is 0.339 e. The fourth-order valence-corrected chi connectivity index (χ4v) is 2.08. The van der Waals surface area contributed by atoms with Crippen LogP contribution in [0.5, 0.6) is 11.5 Å². The monoisotopic (exact) mass is 316 g/mol. The maximum absolute atomic E-state index is 11.1. The summed E-state index contributed by atoms with van der Waals surface area (Å²) in [7, 11) is 0. The minimum Gasteiger partial charge on any atom is -0.508 e. The summed E-state index contributed by atoms with van der Waals surface area (Å²) in [5.74, 6) is -1.89. The van der Waals surface area contributed by atoms with Crippen LogP contribution in [0, 0.1) is 0 Å². The Hall–Kier alpha value is -1.91. The standard InChI is InChI=1S/C13H16O9/c14-4-8-9(16)10(17)11(18)13(22-8)21-7-2-1-5(15)3-6(7)12(19)20/h1-3,8-11,13-18H,4H2,(H,19,20). The SMILES string of the molecule is O=C(O)c1cc(O)ccc1OC1OC(CO)C(O)C(O)C1O. The van der Waals surface area contributed by atoms with Crippen molar-refractivity contribution in [1.82, 2.24) is 0 Å². The van der Waals surface area contributed by atoms with Crippen LogP contribution >= 0.6 is 0 Å². The highest BCUT2D eigenvalue weighted by Gasteiger charge is 2.45. The average Bonchev–Trinajstić information content (AvgIpc) is 2.49. The van der Waals surface area contributed by atoms with E-state index in [1.165, 1.54) is 6.07 Å². The molecule has 1 aliphatic heterocycles. The number of rotatable bonds is 4. The zero-order chi connectivity index (χ0) is 16.4. The van der Waals surface area contributed by atoms with E-state index in [1.54, 1.807) is 0 Å². The topological polar surface area (TPSA) is 157 Å².